The molecule has 2 heteroatoms. The SMILES string of the molecule is C/C(=C/c1ccccc1)C(=O)N1CCCC(C)C1. The molecule has 1 saturated heterocycles. The monoisotopic (exact) mass is 243 g/mol. The lowest BCUT2D eigenvalue weighted by Gasteiger charge is -2.31. The highest BCUT2D eigenvalue weighted by Crippen LogP contribution is 2.18. The third-order valence-electron chi connectivity index (χ3n) is 3.46. The first-order chi connectivity index (χ1) is 8.66. The zero-order chi connectivity index (χ0) is 13.0. The molecule has 1 aromatic rings. The number of carbonyl (C=O) groups excluding carboxylic acids is 1. The van der Waals surface area contributed by atoms with Gasteiger partial charge in [0.25, 0.3) is 0 Å². The number of amides is 1. The minimum absolute atomic E-state index is 0.186. The van der Waals surface area contributed by atoms with Gasteiger partial charge in [0.2, 0.25) is 5.91 Å². The van der Waals surface area contributed by atoms with Crippen LogP contribution in [0.2, 0.25) is 0 Å². The van der Waals surface area contributed by atoms with E-state index in [0.29, 0.717) is 5.92 Å². The molecule has 0 bridgehead atoms. The molecule has 0 radical (unpaired) electrons. The Morgan fingerprint density at radius 1 is 1.33 bits per heavy atom. The van der Waals surface area contributed by atoms with Gasteiger partial charge in [-0.2, -0.15) is 0 Å². The van der Waals surface area contributed by atoms with Gasteiger partial charge in [0.15, 0.2) is 0 Å². The van der Waals surface area contributed by atoms with E-state index < -0.39 is 0 Å². The summed E-state index contributed by atoms with van der Waals surface area (Å²) in [4.78, 5) is 14.3. The first kappa shape index (κ1) is 12.9. The average molecular weight is 243 g/mol. The fourth-order valence-corrected chi connectivity index (χ4v) is 2.48. The van der Waals surface area contributed by atoms with Gasteiger partial charge in [-0.3, -0.25) is 4.79 Å². The van der Waals surface area contributed by atoms with Crippen molar-refractivity contribution in [3.05, 3.63) is 41.5 Å². The second-order valence-corrected chi connectivity index (χ2v) is 5.24. The first-order valence-electron chi connectivity index (χ1n) is 6.69. The van der Waals surface area contributed by atoms with Crippen molar-refractivity contribution in [2.75, 3.05) is 13.1 Å². The summed E-state index contributed by atoms with van der Waals surface area (Å²) < 4.78 is 0. The van der Waals surface area contributed by atoms with Crippen LogP contribution in [0.15, 0.2) is 35.9 Å². The van der Waals surface area contributed by atoms with Crippen LogP contribution in [-0.2, 0) is 4.79 Å². The van der Waals surface area contributed by atoms with E-state index in [1.165, 1.54) is 6.42 Å². The summed E-state index contributed by atoms with van der Waals surface area (Å²) in [5.41, 5.74) is 1.92. The molecule has 1 amide bonds. The van der Waals surface area contributed by atoms with Crippen molar-refractivity contribution >= 4 is 12.0 Å². The van der Waals surface area contributed by atoms with E-state index in [1.807, 2.05) is 48.2 Å². The Kier molecular flexibility index (Phi) is 4.19. The number of rotatable bonds is 2. The predicted octanol–water partition coefficient (Wildman–Crippen LogP) is 3.35. The van der Waals surface area contributed by atoms with Crippen molar-refractivity contribution < 1.29 is 4.79 Å². The number of piperidine rings is 1. The molecule has 0 N–H and O–H groups in total. The summed E-state index contributed by atoms with van der Waals surface area (Å²) in [5.74, 6) is 0.817. The van der Waals surface area contributed by atoms with Gasteiger partial charge in [-0.1, -0.05) is 37.3 Å². The topological polar surface area (TPSA) is 20.3 Å². The third kappa shape index (κ3) is 3.22. The molecule has 0 spiro atoms. The smallest absolute Gasteiger partial charge is 0.249 e. The quantitative estimate of drug-likeness (QED) is 0.729. The largest absolute Gasteiger partial charge is 0.339 e. The van der Waals surface area contributed by atoms with Gasteiger partial charge in [0.05, 0.1) is 0 Å². The molecular formula is C16H21NO. The fourth-order valence-electron chi connectivity index (χ4n) is 2.48. The summed E-state index contributed by atoms with van der Waals surface area (Å²) in [6.07, 6.45) is 4.35. The molecule has 0 aromatic heterocycles. The number of hydrogen-bond donors (Lipinski definition) is 0. The molecule has 0 aliphatic carbocycles. The van der Waals surface area contributed by atoms with Crippen LogP contribution in [0.4, 0.5) is 0 Å². The predicted molar refractivity (Wildman–Crippen MR) is 75.1 cm³/mol. The zero-order valence-corrected chi connectivity index (χ0v) is 11.2. The molecule has 1 aliphatic rings. The molecule has 1 fully saturated rings. The molecule has 1 aliphatic heterocycles. The van der Waals surface area contributed by atoms with E-state index in [-0.39, 0.29) is 5.91 Å². The number of nitrogens with zero attached hydrogens (tertiary/aromatic N) is 1. The second kappa shape index (κ2) is 5.85. The van der Waals surface area contributed by atoms with Gasteiger partial charge in [0, 0.05) is 18.7 Å². The van der Waals surface area contributed by atoms with Crippen molar-refractivity contribution in [1.82, 2.24) is 4.90 Å². The normalized spacial score (nSPS) is 20.9. The molecular weight excluding hydrogens is 222 g/mol. The van der Waals surface area contributed by atoms with E-state index in [0.717, 1.165) is 30.6 Å². The van der Waals surface area contributed by atoms with Crippen LogP contribution < -0.4 is 0 Å². The van der Waals surface area contributed by atoms with Crippen molar-refractivity contribution in [3.8, 4) is 0 Å². The lowest BCUT2D eigenvalue weighted by atomic mass is 9.99. The van der Waals surface area contributed by atoms with E-state index in [2.05, 4.69) is 6.92 Å². The highest BCUT2D eigenvalue weighted by atomic mass is 16.2. The lowest BCUT2D eigenvalue weighted by Crippen LogP contribution is -2.39. The molecule has 1 atom stereocenters. The zero-order valence-electron chi connectivity index (χ0n) is 11.2. The van der Waals surface area contributed by atoms with Crippen LogP contribution in [0, 0.1) is 5.92 Å². The molecule has 1 heterocycles. The number of benzene rings is 1. The molecule has 96 valence electrons. The minimum atomic E-state index is 0.186. The molecule has 1 aromatic carbocycles. The van der Waals surface area contributed by atoms with E-state index in [4.69, 9.17) is 0 Å². The molecule has 2 rings (SSSR count). The van der Waals surface area contributed by atoms with Crippen molar-refractivity contribution in [2.24, 2.45) is 5.92 Å². The van der Waals surface area contributed by atoms with Crippen LogP contribution in [0.1, 0.15) is 32.3 Å². The Bertz CT molecular complexity index is 436. The molecule has 0 saturated carbocycles. The Hall–Kier alpha value is -1.57. The molecule has 18 heavy (non-hydrogen) atoms. The van der Waals surface area contributed by atoms with E-state index >= 15 is 0 Å². The van der Waals surface area contributed by atoms with Crippen LogP contribution in [-0.4, -0.2) is 23.9 Å². The maximum Gasteiger partial charge on any atom is 0.249 e. The Balaban J connectivity index is 2.06. The third-order valence-corrected chi connectivity index (χ3v) is 3.46. The van der Waals surface area contributed by atoms with Crippen LogP contribution >= 0.6 is 0 Å². The van der Waals surface area contributed by atoms with Crippen molar-refractivity contribution in [3.63, 3.8) is 0 Å². The highest BCUT2D eigenvalue weighted by Gasteiger charge is 2.21. The Morgan fingerprint density at radius 2 is 2.06 bits per heavy atom. The van der Waals surface area contributed by atoms with Gasteiger partial charge in [-0.25, -0.2) is 0 Å². The summed E-state index contributed by atoms with van der Waals surface area (Å²) in [7, 11) is 0. The van der Waals surface area contributed by atoms with Gasteiger partial charge in [-0.15, -0.1) is 0 Å². The number of likely N-dealkylation sites (tertiary alicyclic amines) is 1. The van der Waals surface area contributed by atoms with Gasteiger partial charge in [0.1, 0.15) is 0 Å². The van der Waals surface area contributed by atoms with E-state index in [9.17, 15) is 4.79 Å². The fraction of sp³-hybridized carbons (Fsp3) is 0.438. The Labute approximate surface area is 109 Å². The lowest BCUT2D eigenvalue weighted by molar-refractivity contribution is -0.128. The molecule has 2 nitrogen and oxygen atoms in total. The summed E-state index contributed by atoms with van der Waals surface area (Å²) in [6.45, 7) is 5.94. The Morgan fingerprint density at radius 3 is 2.72 bits per heavy atom. The van der Waals surface area contributed by atoms with Crippen LogP contribution in [0.5, 0.6) is 0 Å². The van der Waals surface area contributed by atoms with Crippen LogP contribution in [0.3, 0.4) is 0 Å². The maximum atomic E-state index is 12.3. The summed E-state index contributed by atoms with van der Waals surface area (Å²) >= 11 is 0. The summed E-state index contributed by atoms with van der Waals surface area (Å²) in [6, 6.07) is 10.0. The van der Waals surface area contributed by atoms with Gasteiger partial charge >= 0.3 is 0 Å². The number of carbonyl (C=O) groups is 1. The average Bonchev–Trinajstić information content (AvgIpc) is 2.39. The highest BCUT2D eigenvalue weighted by molar-refractivity contribution is 5.97. The summed E-state index contributed by atoms with van der Waals surface area (Å²) in [5, 5.41) is 0. The molecule has 1 unspecified atom stereocenters. The standard InChI is InChI=1S/C16H21NO/c1-13-7-6-10-17(12-13)16(18)14(2)11-15-8-4-3-5-9-15/h3-5,8-9,11,13H,6-7,10,12H2,1-2H3/b14-11-. The number of hydrogen-bond acceptors (Lipinski definition) is 1. The first-order valence-corrected chi connectivity index (χ1v) is 6.69. The van der Waals surface area contributed by atoms with Crippen LogP contribution in [0.25, 0.3) is 6.08 Å². The van der Waals surface area contributed by atoms with Crippen molar-refractivity contribution in [1.29, 1.82) is 0 Å². The second-order valence-electron chi connectivity index (χ2n) is 5.24. The minimum Gasteiger partial charge on any atom is -0.339 e. The maximum absolute atomic E-state index is 12.3. The van der Waals surface area contributed by atoms with E-state index in [1.54, 1.807) is 0 Å². The van der Waals surface area contributed by atoms with Gasteiger partial charge in [-0.05, 0) is 37.3 Å². The van der Waals surface area contributed by atoms with Crippen molar-refractivity contribution in [2.45, 2.75) is 26.7 Å². The van der Waals surface area contributed by atoms with Gasteiger partial charge < -0.3 is 4.90 Å².